The zero-order chi connectivity index (χ0) is 13.0. The van der Waals surface area contributed by atoms with Gasteiger partial charge in [0.2, 0.25) is 0 Å². The quantitative estimate of drug-likeness (QED) is 0.838. The molecule has 0 saturated carbocycles. The van der Waals surface area contributed by atoms with Crippen molar-refractivity contribution in [2.45, 2.75) is 31.7 Å². The van der Waals surface area contributed by atoms with E-state index in [0.29, 0.717) is 17.0 Å². The summed E-state index contributed by atoms with van der Waals surface area (Å²) in [6.07, 6.45) is 3.81. The van der Waals surface area contributed by atoms with Gasteiger partial charge in [-0.05, 0) is 38.1 Å². The SMILES string of the molecule is N#CC(Cc1c(F)cccc1Cl)N1CCCCC1. The van der Waals surface area contributed by atoms with Crippen LogP contribution in [0.4, 0.5) is 4.39 Å². The minimum atomic E-state index is -0.320. The third-order valence-electron chi connectivity index (χ3n) is 3.44. The molecule has 4 heteroatoms. The smallest absolute Gasteiger partial charge is 0.127 e. The van der Waals surface area contributed by atoms with Crippen molar-refractivity contribution in [3.8, 4) is 6.07 Å². The average molecular weight is 267 g/mol. The molecule has 1 aliphatic heterocycles. The van der Waals surface area contributed by atoms with E-state index in [9.17, 15) is 9.65 Å². The monoisotopic (exact) mass is 266 g/mol. The van der Waals surface area contributed by atoms with Gasteiger partial charge in [-0.2, -0.15) is 5.26 Å². The van der Waals surface area contributed by atoms with Crippen LogP contribution in [0.25, 0.3) is 0 Å². The molecule has 0 aliphatic carbocycles. The van der Waals surface area contributed by atoms with Gasteiger partial charge in [-0.3, -0.25) is 4.90 Å². The number of hydrogen-bond donors (Lipinski definition) is 0. The van der Waals surface area contributed by atoms with E-state index in [1.54, 1.807) is 12.1 Å². The lowest BCUT2D eigenvalue weighted by Gasteiger charge is -2.30. The summed E-state index contributed by atoms with van der Waals surface area (Å²) in [5.41, 5.74) is 0.455. The standard InChI is InChI=1S/C14H16ClFN2/c15-13-5-4-6-14(16)12(13)9-11(10-17)18-7-2-1-3-8-18/h4-6,11H,1-3,7-9H2. The van der Waals surface area contributed by atoms with E-state index < -0.39 is 0 Å². The molecule has 1 heterocycles. The van der Waals surface area contributed by atoms with Gasteiger partial charge < -0.3 is 0 Å². The number of rotatable bonds is 3. The van der Waals surface area contributed by atoms with E-state index in [2.05, 4.69) is 11.0 Å². The maximum Gasteiger partial charge on any atom is 0.127 e. The van der Waals surface area contributed by atoms with Crippen molar-refractivity contribution in [3.05, 3.63) is 34.6 Å². The summed E-state index contributed by atoms with van der Waals surface area (Å²) >= 11 is 6.00. The first-order chi connectivity index (χ1) is 8.72. The molecule has 1 aromatic rings. The van der Waals surface area contributed by atoms with Crippen LogP contribution in [-0.2, 0) is 6.42 Å². The van der Waals surface area contributed by atoms with Crippen LogP contribution < -0.4 is 0 Å². The molecule has 2 rings (SSSR count). The van der Waals surface area contributed by atoms with Gasteiger partial charge in [0.1, 0.15) is 11.9 Å². The second-order valence-electron chi connectivity index (χ2n) is 4.65. The zero-order valence-corrected chi connectivity index (χ0v) is 11.0. The molecule has 1 aromatic carbocycles. The van der Waals surface area contributed by atoms with Crippen molar-refractivity contribution in [2.24, 2.45) is 0 Å². The minimum absolute atomic E-state index is 0.278. The Morgan fingerprint density at radius 3 is 2.67 bits per heavy atom. The molecule has 2 nitrogen and oxygen atoms in total. The first kappa shape index (κ1) is 13.3. The molecule has 1 atom stereocenters. The number of nitrogens with zero attached hydrogens (tertiary/aromatic N) is 2. The van der Waals surface area contributed by atoms with Crippen LogP contribution in [0.5, 0.6) is 0 Å². The number of hydrogen-bond acceptors (Lipinski definition) is 2. The van der Waals surface area contributed by atoms with Gasteiger partial charge in [-0.25, -0.2) is 4.39 Å². The minimum Gasteiger partial charge on any atom is -0.288 e. The van der Waals surface area contributed by atoms with Crippen LogP contribution in [0.1, 0.15) is 24.8 Å². The van der Waals surface area contributed by atoms with Crippen molar-refractivity contribution in [1.29, 1.82) is 5.26 Å². The Morgan fingerprint density at radius 2 is 2.06 bits per heavy atom. The fourth-order valence-electron chi connectivity index (χ4n) is 2.41. The lowest BCUT2D eigenvalue weighted by Crippen LogP contribution is -2.39. The first-order valence-corrected chi connectivity index (χ1v) is 6.66. The van der Waals surface area contributed by atoms with Crippen molar-refractivity contribution >= 4 is 11.6 Å². The molecule has 0 bridgehead atoms. The third kappa shape index (κ3) is 3.01. The number of nitriles is 1. The second-order valence-corrected chi connectivity index (χ2v) is 5.05. The number of benzene rings is 1. The molecule has 0 amide bonds. The molecule has 18 heavy (non-hydrogen) atoms. The Bertz CT molecular complexity index is 429. The van der Waals surface area contributed by atoms with Gasteiger partial charge in [-0.15, -0.1) is 0 Å². The predicted molar refractivity (Wildman–Crippen MR) is 69.9 cm³/mol. The van der Waals surface area contributed by atoms with Gasteiger partial charge in [0.15, 0.2) is 0 Å². The van der Waals surface area contributed by atoms with Crippen molar-refractivity contribution in [2.75, 3.05) is 13.1 Å². The summed E-state index contributed by atoms with van der Waals surface area (Å²) in [7, 11) is 0. The van der Waals surface area contributed by atoms with Crippen LogP contribution in [0.3, 0.4) is 0 Å². The topological polar surface area (TPSA) is 27.0 Å². The van der Waals surface area contributed by atoms with E-state index in [1.165, 1.54) is 12.5 Å². The fourth-order valence-corrected chi connectivity index (χ4v) is 2.65. The average Bonchev–Trinajstić information content (AvgIpc) is 2.40. The van der Waals surface area contributed by atoms with E-state index >= 15 is 0 Å². The lowest BCUT2D eigenvalue weighted by molar-refractivity contribution is 0.193. The van der Waals surface area contributed by atoms with E-state index in [0.717, 1.165) is 25.9 Å². The highest BCUT2D eigenvalue weighted by molar-refractivity contribution is 6.31. The summed E-state index contributed by atoms with van der Waals surface area (Å²) in [6, 6.07) is 6.65. The predicted octanol–water partition coefficient (Wildman–Crippen LogP) is 3.40. The molecular formula is C14H16ClFN2. The molecule has 0 aromatic heterocycles. The Labute approximate surface area is 112 Å². The molecule has 0 spiro atoms. The summed E-state index contributed by atoms with van der Waals surface area (Å²) in [5.74, 6) is -0.320. The summed E-state index contributed by atoms with van der Waals surface area (Å²) in [4.78, 5) is 2.13. The molecule has 1 aliphatic rings. The maximum absolute atomic E-state index is 13.7. The number of piperidine rings is 1. The van der Waals surface area contributed by atoms with Gasteiger partial charge >= 0.3 is 0 Å². The summed E-state index contributed by atoms with van der Waals surface area (Å²) in [5, 5.41) is 9.67. The van der Waals surface area contributed by atoms with E-state index in [4.69, 9.17) is 11.6 Å². The van der Waals surface area contributed by atoms with Gasteiger partial charge in [-0.1, -0.05) is 24.1 Å². The van der Waals surface area contributed by atoms with Crippen molar-refractivity contribution in [1.82, 2.24) is 4.90 Å². The zero-order valence-electron chi connectivity index (χ0n) is 10.2. The third-order valence-corrected chi connectivity index (χ3v) is 3.79. The van der Waals surface area contributed by atoms with Gasteiger partial charge in [0, 0.05) is 17.0 Å². The molecule has 0 N–H and O–H groups in total. The number of halogens is 2. The Kier molecular flexibility index (Phi) is 4.57. The molecule has 1 fully saturated rings. The van der Waals surface area contributed by atoms with E-state index in [1.807, 2.05) is 0 Å². The molecule has 0 radical (unpaired) electrons. The normalized spacial score (nSPS) is 18.3. The highest BCUT2D eigenvalue weighted by atomic mass is 35.5. The second kappa shape index (κ2) is 6.17. The largest absolute Gasteiger partial charge is 0.288 e. The Morgan fingerprint density at radius 1 is 1.33 bits per heavy atom. The lowest BCUT2D eigenvalue weighted by atomic mass is 10.0. The van der Waals surface area contributed by atoms with Gasteiger partial charge in [0.25, 0.3) is 0 Å². The molecular weight excluding hydrogens is 251 g/mol. The van der Waals surface area contributed by atoms with E-state index in [-0.39, 0.29) is 11.9 Å². The van der Waals surface area contributed by atoms with Crippen LogP contribution in [0, 0.1) is 17.1 Å². The maximum atomic E-state index is 13.7. The summed E-state index contributed by atoms with van der Waals surface area (Å²) < 4.78 is 13.7. The van der Waals surface area contributed by atoms with Crippen molar-refractivity contribution in [3.63, 3.8) is 0 Å². The molecule has 96 valence electrons. The fraction of sp³-hybridized carbons (Fsp3) is 0.500. The Hall–Kier alpha value is -1.11. The first-order valence-electron chi connectivity index (χ1n) is 6.29. The van der Waals surface area contributed by atoms with Crippen LogP contribution in [0.15, 0.2) is 18.2 Å². The van der Waals surface area contributed by atoms with Gasteiger partial charge in [0.05, 0.1) is 6.07 Å². The van der Waals surface area contributed by atoms with Crippen LogP contribution in [0.2, 0.25) is 5.02 Å². The van der Waals surface area contributed by atoms with Crippen LogP contribution >= 0.6 is 11.6 Å². The van der Waals surface area contributed by atoms with Crippen molar-refractivity contribution < 1.29 is 4.39 Å². The molecule has 1 unspecified atom stereocenters. The molecule has 1 saturated heterocycles. The van der Waals surface area contributed by atoms with Crippen LogP contribution in [-0.4, -0.2) is 24.0 Å². The Balaban J connectivity index is 2.13. The highest BCUT2D eigenvalue weighted by Gasteiger charge is 2.22. The number of likely N-dealkylation sites (tertiary alicyclic amines) is 1. The highest BCUT2D eigenvalue weighted by Crippen LogP contribution is 2.23. The summed E-state index contributed by atoms with van der Waals surface area (Å²) in [6.45, 7) is 1.84.